The Morgan fingerprint density at radius 3 is 1.94 bits per heavy atom. The van der Waals surface area contributed by atoms with E-state index in [-0.39, 0.29) is 5.56 Å². The number of hydrogen-bond acceptors (Lipinski definition) is 1. The molecule has 1 aromatic carbocycles. The molecule has 1 atom stereocenters. The number of allylic oxidation sites excluding steroid dienone is 1. The third kappa shape index (κ3) is 3.23. The average Bonchev–Trinajstić information content (AvgIpc) is 2.26. The average molecular weight is 256 g/mol. The molecule has 1 unspecified atom stereocenters. The summed E-state index contributed by atoms with van der Waals surface area (Å²) in [7, 11) is 0. The van der Waals surface area contributed by atoms with E-state index in [0.717, 1.165) is 24.3 Å². The van der Waals surface area contributed by atoms with Gasteiger partial charge in [0.1, 0.15) is 11.9 Å². The fourth-order valence-corrected chi connectivity index (χ4v) is 1.05. The van der Waals surface area contributed by atoms with Crippen LogP contribution in [0.3, 0.4) is 0 Å². The smallest absolute Gasteiger partial charge is 0.381 e. The van der Waals surface area contributed by atoms with Gasteiger partial charge in [0.25, 0.3) is 0 Å². The van der Waals surface area contributed by atoms with Gasteiger partial charge in [-0.2, -0.15) is 17.6 Å². The van der Waals surface area contributed by atoms with Gasteiger partial charge in [-0.1, -0.05) is 12.1 Å². The lowest BCUT2D eigenvalue weighted by Gasteiger charge is -2.11. The minimum absolute atomic E-state index is 0.386. The molecule has 1 aromatic rings. The van der Waals surface area contributed by atoms with Crippen molar-refractivity contribution in [3.8, 4) is 0 Å². The van der Waals surface area contributed by atoms with E-state index in [2.05, 4.69) is 0 Å². The van der Waals surface area contributed by atoms with Crippen molar-refractivity contribution in [2.75, 3.05) is 0 Å². The number of halogens is 6. The summed E-state index contributed by atoms with van der Waals surface area (Å²) in [5.74, 6) is -6.08. The fourth-order valence-electron chi connectivity index (χ4n) is 1.05. The molecule has 0 saturated carbocycles. The highest BCUT2D eigenvalue weighted by Gasteiger charge is 2.40. The molecule has 0 fully saturated rings. The number of aliphatic hydroxyl groups excluding tert-OH is 1. The highest BCUT2D eigenvalue weighted by molar-refractivity contribution is 5.25. The molecule has 94 valence electrons. The van der Waals surface area contributed by atoms with Crippen molar-refractivity contribution in [2.24, 2.45) is 0 Å². The SMILES string of the molecule is OC(/C(F)=C(\F)C(F)(F)F)c1ccc(F)cc1. The summed E-state index contributed by atoms with van der Waals surface area (Å²) in [6.45, 7) is 0. The van der Waals surface area contributed by atoms with E-state index in [1.165, 1.54) is 0 Å². The normalized spacial score (nSPS) is 15.5. The summed E-state index contributed by atoms with van der Waals surface area (Å²) in [5.41, 5.74) is -0.386. The van der Waals surface area contributed by atoms with Crippen molar-refractivity contribution in [1.29, 1.82) is 0 Å². The monoisotopic (exact) mass is 256 g/mol. The van der Waals surface area contributed by atoms with Crippen molar-refractivity contribution in [2.45, 2.75) is 12.3 Å². The summed E-state index contributed by atoms with van der Waals surface area (Å²) >= 11 is 0. The topological polar surface area (TPSA) is 20.2 Å². The Hall–Kier alpha value is -1.50. The zero-order chi connectivity index (χ0) is 13.2. The lowest BCUT2D eigenvalue weighted by atomic mass is 10.1. The maximum absolute atomic E-state index is 12.9. The van der Waals surface area contributed by atoms with E-state index >= 15 is 0 Å². The largest absolute Gasteiger partial charge is 0.445 e. The molecule has 0 radical (unpaired) electrons. The second-order valence-corrected chi connectivity index (χ2v) is 3.11. The predicted molar refractivity (Wildman–Crippen MR) is 46.7 cm³/mol. The van der Waals surface area contributed by atoms with Crippen molar-refractivity contribution < 1.29 is 31.4 Å². The van der Waals surface area contributed by atoms with Crippen molar-refractivity contribution in [1.82, 2.24) is 0 Å². The molecule has 1 N–H and O–H groups in total. The molecule has 0 spiro atoms. The Morgan fingerprint density at radius 2 is 1.53 bits per heavy atom. The molecule has 1 rings (SSSR count). The van der Waals surface area contributed by atoms with Gasteiger partial charge < -0.3 is 5.11 Å². The summed E-state index contributed by atoms with van der Waals surface area (Å²) in [6.07, 6.45) is -7.93. The molecular formula is C10H6F6O. The first-order valence-electron chi connectivity index (χ1n) is 4.29. The summed E-state index contributed by atoms with van der Waals surface area (Å²) in [6, 6.07) is 3.31. The van der Waals surface area contributed by atoms with Gasteiger partial charge >= 0.3 is 6.18 Å². The molecule has 0 aromatic heterocycles. The first kappa shape index (κ1) is 13.6. The van der Waals surface area contributed by atoms with Gasteiger partial charge in [0.05, 0.1) is 0 Å². The first-order chi connectivity index (χ1) is 7.73. The minimum atomic E-state index is -5.51. The molecule has 0 amide bonds. The maximum Gasteiger partial charge on any atom is 0.445 e. The van der Waals surface area contributed by atoms with Crippen LogP contribution < -0.4 is 0 Å². The molecule has 0 aliphatic rings. The second-order valence-electron chi connectivity index (χ2n) is 3.11. The number of rotatable bonds is 2. The van der Waals surface area contributed by atoms with Gasteiger partial charge in [0, 0.05) is 0 Å². The van der Waals surface area contributed by atoms with Gasteiger partial charge in [-0.05, 0) is 17.7 Å². The highest BCUT2D eigenvalue weighted by atomic mass is 19.4. The van der Waals surface area contributed by atoms with E-state index in [1.807, 2.05) is 0 Å². The molecule has 0 aliphatic carbocycles. The molecule has 7 heteroatoms. The first-order valence-corrected chi connectivity index (χ1v) is 4.29. The number of benzene rings is 1. The van der Waals surface area contributed by atoms with Crippen LogP contribution in [0.2, 0.25) is 0 Å². The van der Waals surface area contributed by atoms with Crippen molar-refractivity contribution >= 4 is 0 Å². The highest BCUT2D eigenvalue weighted by Crippen LogP contribution is 2.35. The molecule has 0 bridgehead atoms. The van der Waals surface area contributed by atoms with Crippen LogP contribution >= 0.6 is 0 Å². The maximum atomic E-state index is 12.9. The van der Waals surface area contributed by atoms with E-state index in [4.69, 9.17) is 5.11 Å². The van der Waals surface area contributed by atoms with Crippen LogP contribution in [0.5, 0.6) is 0 Å². The summed E-state index contributed by atoms with van der Waals surface area (Å²) in [4.78, 5) is 0. The Morgan fingerprint density at radius 1 is 1.06 bits per heavy atom. The van der Waals surface area contributed by atoms with E-state index in [0.29, 0.717) is 0 Å². The number of alkyl halides is 3. The van der Waals surface area contributed by atoms with E-state index in [9.17, 15) is 26.3 Å². The Labute approximate surface area is 92.0 Å². The quantitative estimate of drug-likeness (QED) is 0.802. The van der Waals surface area contributed by atoms with Crippen LogP contribution in [-0.4, -0.2) is 11.3 Å². The summed E-state index contributed by atoms with van der Waals surface area (Å²) < 4.78 is 73.2. The van der Waals surface area contributed by atoms with Gasteiger partial charge in [0.15, 0.2) is 5.83 Å². The number of aliphatic hydroxyl groups is 1. The summed E-state index contributed by atoms with van der Waals surface area (Å²) in [5, 5.41) is 9.12. The van der Waals surface area contributed by atoms with E-state index < -0.39 is 29.8 Å². The fraction of sp³-hybridized carbons (Fsp3) is 0.200. The Kier molecular flexibility index (Phi) is 3.82. The van der Waals surface area contributed by atoms with Gasteiger partial charge in [-0.3, -0.25) is 0 Å². The standard InChI is InChI=1S/C10H6F6O/c11-6-3-1-5(2-4-6)8(17)7(12)9(13)10(14,15)16/h1-4,8,17H/b9-7+. The molecular weight excluding hydrogens is 250 g/mol. The lowest BCUT2D eigenvalue weighted by molar-refractivity contribution is -0.112. The van der Waals surface area contributed by atoms with Crippen LogP contribution in [0.4, 0.5) is 26.3 Å². The Balaban J connectivity index is 3.05. The van der Waals surface area contributed by atoms with Gasteiger partial charge in [0.2, 0.25) is 5.83 Å². The molecule has 1 nitrogen and oxygen atoms in total. The van der Waals surface area contributed by atoms with Crippen LogP contribution in [0.15, 0.2) is 35.9 Å². The lowest BCUT2D eigenvalue weighted by Crippen LogP contribution is -2.12. The third-order valence-electron chi connectivity index (χ3n) is 1.88. The second kappa shape index (κ2) is 4.79. The van der Waals surface area contributed by atoms with Crippen molar-refractivity contribution in [3.05, 3.63) is 47.3 Å². The molecule has 0 saturated heterocycles. The van der Waals surface area contributed by atoms with Crippen molar-refractivity contribution in [3.63, 3.8) is 0 Å². The van der Waals surface area contributed by atoms with Crippen LogP contribution in [0.25, 0.3) is 0 Å². The molecule has 0 heterocycles. The van der Waals surface area contributed by atoms with Gasteiger partial charge in [-0.25, -0.2) is 8.78 Å². The van der Waals surface area contributed by atoms with Crippen LogP contribution in [-0.2, 0) is 0 Å². The molecule has 0 aliphatic heterocycles. The van der Waals surface area contributed by atoms with Crippen LogP contribution in [0, 0.1) is 5.82 Å². The van der Waals surface area contributed by atoms with Crippen LogP contribution in [0.1, 0.15) is 11.7 Å². The minimum Gasteiger partial charge on any atom is -0.381 e. The zero-order valence-corrected chi connectivity index (χ0v) is 8.10. The zero-order valence-electron chi connectivity index (χ0n) is 8.10. The van der Waals surface area contributed by atoms with E-state index in [1.54, 1.807) is 0 Å². The van der Waals surface area contributed by atoms with Gasteiger partial charge in [-0.15, -0.1) is 0 Å². The Bertz CT molecular complexity index is 419. The third-order valence-corrected chi connectivity index (χ3v) is 1.88. The predicted octanol–water partition coefficient (Wildman–Crippen LogP) is 3.57. The molecule has 17 heavy (non-hydrogen) atoms. The number of hydrogen-bond donors (Lipinski definition) is 1.